The van der Waals surface area contributed by atoms with Crippen molar-refractivity contribution in [2.75, 3.05) is 0 Å². The van der Waals surface area contributed by atoms with E-state index in [0.29, 0.717) is 0 Å². The smallest absolute Gasteiger partial charge is 0.0233 e. The van der Waals surface area contributed by atoms with Crippen LogP contribution in [-0.2, 0) is 25.7 Å². The average Bonchev–Trinajstić information content (AvgIpc) is 2.34. The van der Waals surface area contributed by atoms with Crippen molar-refractivity contribution >= 4 is 0 Å². The van der Waals surface area contributed by atoms with Crippen molar-refractivity contribution in [1.29, 1.82) is 0 Å². The Labute approximate surface area is 110 Å². The van der Waals surface area contributed by atoms with Crippen LogP contribution in [0.5, 0.6) is 0 Å². The predicted molar refractivity (Wildman–Crippen MR) is 77.2 cm³/mol. The van der Waals surface area contributed by atoms with Crippen molar-refractivity contribution in [2.24, 2.45) is 0 Å². The highest BCUT2D eigenvalue weighted by atomic mass is 14.1. The largest absolute Gasteiger partial charge is 0.0588 e. The quantitative estimate of drug-likeness (QED) is 0.643. The van der Waals surface area contributed by atoms with E-state index in [0.717, 1.165) is 25.7 Å². The van der Waals surface area contributed by atoms with Gasteiger partial charge in [-0.3, -0.25) is 0 Å². The number of hydrogen-bond acceptors (Lipinski definition) is 0. The van der Waals surface area contributed by atoms with Gasteiger partial charge in [-0.1, -0.05) is 36.4 Å². The molecule has 2 aromatic rings. The Hall–Kier alpha value is -1.56. The molecule has 4 aliphatic carbocycles. The number of hydrogen-bond donors (Lipinski definition) is 0. The van der Waals surface area contributed by atoms with E-state index in [2.05, 4.69) is 50.2 Å². The second-order valence-electron chi connectivity index (χ2n) is 5.52. The van der Waals surface area contributed by atoms with Gasteiger partial charge in [0.05, 0.1) is 0 Å². The summed E-state index contributed by atoms with van der Waals surface area (Å²) in [6.45, 7) is 4.53. The molecule has 0 N–H and O–H groups in total. The SMILES string of the molecule is Cc1cc2cc(C)c1CCc1ccc(cc1)CC2. The van der Waals surface area contributed by atoms with Crippen LogP contribution in [-0.4, -0.2) is 0 Å². The fourth-order valence-corrected chi connectivity index (χ4v) is 3.05. The molecule has 2 aromatic carbocycles. The third-order valence-electron chi connectivity index (χ3n) is 4.14. The minimum atomic E-state index is 1.15. The molecule has 0 radical (unpaired) electrons. The van der Waals surface area contributed by atoms with Crippen LogP contribution in [0.25, 0.3) is 0 Å². The second kappa shape index (κ2) is 4.61. The summed E-state index contributed by atoms with van der Waals surface area (Å²) in [5.74, 6) is 0. The minimum Gasteiger partial charge on any atom is -0.0588 e. The normalized spacial score (nSPS) is 14.3. The van der Waals surface area contributed by atoms with Gasteiger partial charge in [0.25, 0.3) is 0 Å². The molecule has 0 heteroatoms. The summed E-state index contributed by atoms with van der Waals surface area (Å²) in [5.41, 5.74) is 8.89. The molecule has 0 amide bonds. The Morgan fingerprint density at radius 2 is 1.06 bits per heavy atom. The maximum Gasteiger partial charge on any atom is -0.0233 e. The molecule has 0 unspecified atom stereocenters. The van der Waals surface area contributed by atoms with Gasteiger partial charge < -0.3 is 0 Å². The number of aryl methyl sites for hydroxylation is 5. The van der Waals surface area contributed by atoms with Gasteiger partial charge >= 0.3 is 0 Å². The summed E-state index contributed by atoms with van der Waals surface area (Å²) in [6, 6.07) is 14.0. The van der Waals surface area contributed by atoms with Crippen molar-refractivity contribution in [3.63, 3.8) is 0 Å². The van der Waals surface area contributed by atoms with E-state index in [4.69, 9.17) is 0 Å². The standard InChI is InChI=1S/C18H20/c1-13-11-17-8-7-15-3-5-16(6-4-15)9-10-18(13)14(2)12-17/h3-6,11-12H,7-10H2,1-2H3. The predicted octanol–water partition coefficient (Wildman–Crippen LogP) is 4.19. The van der Waals surface area contributed by atoms with Crippen LogP contribution in [0, 0.1) is 13.8 Å². The highest BCUT2D eigenvalue weighted by molar-refractivity contribution is 5.39. The summed E-state index contributed by atoms with van der Waals surface area (Å²) in [6.07, 6.45) is 4.62. The van der Waals surface area contributed by atoms with E-state index < -0.39 is 0 Å². The third-order valence-corrected chi connectivity index (χ3v) is 4.14. The highest BCUT2D eigenvalue weighted by Gasteiger charge is 2.08. The van der Waals surface area contributed by atoms with Crippen molar-refractivity contribution < 1.29 is 0 Å². The zero-order valence-electron chi connectivity index (χ0n) is 11.3. The van der Waals surface area contributed by atoms with E-state index in [9.17, 15) is 0 Å². The van der Waals surface area contributed by atoms with Crippen LogP contribution in [0.4, 0.5) is 0 Å². The summed E-state index contributed by atoms with van der Waals surface area (Å²) >= 11 is 0. The molecule has 0 aliphatic heterocycles. The molecule has 0 fully saturated rings. The van der Waals surface area contributed by atoms with Crippen LogP contribution in [0.2, 0.25) is 0 Å². The fourth-order valence-electron chi connectivity index (χ4n) is 3.05. The molecule has 4 aliphatic rings. The van der Waals surface area contributed by atoms with Crippen LogP contribution in [0.3, 0.4) is 0 Å². The van der Waals surface area contributed by atoms with Gasteiger partial charge in [-0.2, -0.15) is 0 Å². The highest BCUT2D eigenvalue weighted by Crippen LogP contribution is 2.21. The molecular formula is C18H20. The lowest BCUT2D eigenvalue weighted by Crippen LogP contribution is -2.02. The van der Waals surface area contributed by atoms with E-state index >= 15 is 0 Å². The van der Waals surface area contributed by atoms with Gasteiger partial charge in [0.2, 0.25) is 0 Å². The molecule has 18 heavy (non-hydrogen) atoms. The maximum atomic E-state index is 2.39. The van der Waals surface area contributed by atoms with E-state index in [1.165, 1.54) is 27.8 Å². The van der Waals surface area contributed by atoms with Crippen LogP contribution in [0.1, 0.15) is 33.4 Å². The maximum absolute atomic E-state index is 2.39. The van der Waals surface area contributed by atoms with Crippen molar-refractivity contribution in [1.82, 2.24) is 0 Å². The lowest BCUT2D eigenvalue weighted by atomic mass is 9.91. The number of benzene rings is 2. The van der Waals surface area contributed by atoms with Crippen LogP contribution in [0.15, 0.2) is 36.4 Å². The summed E-state index contributed by atoms with van der Waals surface area (Å²) in [4.78, 5) is 0. The van der Waals surface area contributed by atoms with Crippen molar-refractivity contribution in [3.8, 4) is 0 Å². The average molecular weight is 236 g/mol. The molecule has 0 heterocycles. The number of rotatable bonds is 0. The van der Waals surface area contributed by atoms with Gasteiger partial charge in [0, 0.05) is 0 Å². The fraction of sp³-hybridized carbons (Fsp3) is 0.333. The van der Waals surface area contributed by atoms with E-state index in [1.807, 2.05) is 0 Å². The van der Waals surface area contributed by atoms with Crippen LogP contribution < -0.4 is 0 Å². The van der Waals surface area contributed by atoms with Gasteiger partial charge in [-0.15, -0.1) is 0 Å². The summed E-state index contributed by atoms with van der Waals surface area (Å²) in [5, 5.41) is 0. The topological polar surface area (TPSA) is 0 Å². The molecule has 0 aromatic heterocycles. The molecular weight excluding hydrogens is 216 g/mol. The lowest BCUT2D eigenvalue weighted by Gasteiger charge is -2.15. The molecule has 0 atom stereocenters. The van der Waals surface area contributed by atoms with Crippen LogP contribution >= 0.6 is 0 Å². The molecule has 6 rings (SSSR count). The Balaban J connectivity index is 2.05. The monoisotopic (exact) mass is 236 g/mol. The molecule has 0 spiro atoms. The van der Waals surface area contributed by atoms with Gasteiger partial charge in [-0.05, 0) is 72.9 Å². The van der Waals surface area contributed by atoms with E-state index in [-0.39, 0.29) is 0 Å². The molecule has 4 bridgehead atoms. The van der Waals surface area contributed by atoms with Gasteiger partial charge in [0.1, 0.15) is 0 Å². The third kappa shape index (κ3) is 2.20. The first-order chi connectivity index (χ1) is 8.72. The minimum absolute atomic E-state index is 1.15. The van der Waals surface area contributed by atoms with Crippen molar-refractivity contribution in [3.05, 3.63) is 69.8 Å². The second-order valence-corrected chi connectivity index (χ2v) is 5.52. The first-order valence-corrected chi connectivity index (χ1v) is 6.89. The molecule has 92 valence electrons. The molecule has 0 saturated heterocycles. The Morgan fingerprint density at radius 3 is 1.61 bits per heavy atom. The summed E-state index contributed by atoms with van der Waals surface area (Å²) < 4.78 is 0. The summed E-state index contributed by atoms with van der Waals surface area (Å²) in [7, 11) is 0. The zero-order chi connectivity index (χ0) is 12.5. The Bertz CT molecular complexity index is 538. The van der Waals surface area contributed by atoms with Gasteiger partial charge in [-0.25, -0.2) is 0 Å². The lowest BCUT2D eigenvalue weighted by molar-refractivity contribution is 0.902. The molecule has 0 nitrogen and oxygen atoms in total. The Kier molecular flexibility index (Phi) is 2.95. The Morgan fingerprint density at radius 1 is 0.611 bits per heavy atom. The first-order valence-electron chi connectivity index (χ1n) is 6.89. The first kappa shape index (κ1) is 11.5. The zero-order valence-corrected chi connectivity index (χ0v) is 11.3. The van der Waals surface area contributed by atoms with Crippen molar-refractivity contribution in [2.45, 2.75) is 39.5 Å². The van der Waals surface area contributed by atoms with Gasteiger partial charge in [0.15, 0.2) is 0 Å². The van der Waals surface area contributed by atoms with E-state index in [1.54, 1.807) is 5.56 Å². The molecule has 0 saturated carbocycles.